The standard InChI is InChI=1S/C15H20N2O2/c1-2-7-18-8-9-19-15-13(11-16)10-12-5-3-4-6-14(12)17-15/h3-6,10H,2,7-9,11,16H2,1H3. The molecular formula is C15H20N2O2. The van der Waals surface area contributed by atoms with E-state index in [0.717, 1.165) is 29.5 Å². The molecule has 2 aromatic rings. The van der Waals surface area contributed by atoms with Crippen molar-refractivity contribution in [3.63, 3.8) is 0 Å². The number of hydrogen-bond donors (Lipinski definition) is 1. The summed E-state index contributed by atoms with van der Waals surface area (Å²) in [5.41, 5.74) is 7.59. The normalized spacial score (nSPS) is 10.8. The quantitative estimate of drug-likeness (QED) is 0.777. The topological polar surface area (TPSA) is 57.4 Å². The van der Waals surface area contributed by atoms with Crippen molar-refractivity contribution in [3.05, 3.63) is 35.9 Å². The van der Waals surface area contributed by atoms with Gasteiger partial charge in [0.2, 0.25) is 5.88 Å². The van der Waals surface area contributed by atoms with E-state index in [1.54, 1.807) is 0 Å². The SMILES string of the molecule is CCCOCCOc1nc2ccccc2cc1CN. The van der Waals surface area contributed by atoms with Gasteiger partial charge in [0.15, 0.2) is 0 Å². The summed E-state index contributed by atoms with van der Waals surface area (Å²) in [5, 5.41) is 1.08. The minimum Gasteiger partial charge on any atom is -0.475 e. The number of para-hydroxylation sites is 1. The first-order valence-electron chi connectivity index (χ1n) is 6.64. The summed E-state index contributed by atoms with van der Waals surface area (Å²) in [6, 6.07) is 9.98. The summed E-state index contributed by atoms with van der Waals surface area (Å²) in [7, 11) is 0. The lowest BCUT2D eigenvalue weighted by molar-refractivity contribution is 0.0988. The van der Waals surface area contributed by atoms with E-state index >= 15 is 0 Å². The predicted octanol–water partition coefficient (Wildman–Crippen LogP) is 2.50. The largest absolute Gasteiger partial charge is 0.475 e. The zero-order valence-corrected chi connectivity index (χ0v) is 11.3. The fraction of sp³-hybridized carbons (Fsp3) is 0.400. The van der Waals surface area contributed by atoms with Crippen molar-refractivity contribution in [2.45, 2.75) is 19.9 Å². The molecule has 2 N–H and O–H groups in total. The number of hydrogen-bond acceptors (Lipinski definition) is 4. The van der Waals surface area contributed by atoms with Crippen molar-refractivity contribution in [2.24, 2.45) is 5.73 Å². The Kier molecular flexibility index (Phi) is 5.12. The Morgan fingerprint density at radius 3 is 2.79 bits per heavy atom. The van der Waals surface area contributed by atoms with Crippen LogP contribution in [-0.2, 0) is 11.3 Å². The molecule has 0 bridgehead atoms. The molecule has 0 aliphatic carbocycles. The van der Waals surface area contributed by atoms with Crippen LogP contribution in [-0.4, -0.2) is 24.8 Å². The van der Waals surface area contributed by atoms with Gasteiger partial charge < -0.3 is 15.2 Å². The average molecular weight is 260 g/mol. The van der Waals surface area contributed by atoms with E-state index in [1.165, 1.54) is 0 Å². The van der Waals surface area contributed by atoms with E-state index in [-0.39, 0.29) is 0 Å². The van der Waals surface area contributed by atoms with Crippen LogP contribution in [0.3, 0.4) is 0 Å². The molecule has 0 radical (unpaired) electrons. The van der Waals surface area contributed by atoms with Crippen molar-refractivity contribution in [1.82, 2.24) is 4.98 Å². The van der Waals surface area contributed by atoms with Gasteiger partial charge >= 0.3 is 0 Å². The van der Waals surface area contributed by atoms with E-state index in [1.807, 2.05) is 30.3 Å². The van der Waals surface area contributed by atoms with Crippen molar-refractivity contribution in [2.75, 3.05) is 19.8 Å². The zero-order chi connectivity index (χ0) is 13.5. The van der Waals surface area contributed by atoms with Crippen LogP contribution >= 0.6 is 0 Å². The molecule has 0 saturated carbocycles. The minimum atomic E-state index is 0.420. The van der Waals surface area contributed by atoms with Crippen LogP contribution in [0, 0.1) is 0 Å². The molecule has 0 spiro atoms. The van der Waals surface area contributed by atoms with Crippen LogP contribution in [0.15, 0.2) is 30.3 Å². The monoisotopic (exact) mass is 260 g/mol. The molecule has 0 amide bonds. The number of rotatable bonds is 7. The molecule has 4 nitrogen and oxygen atoms in total. The molecule has 0 atom stereocenters. The molecule has 0 aliphatic heterocycles. The number of aromatic nitrogens is 1. The summed E-state index contributed by atoms with van der Waals surface area (Å²) < 4.78 is 11.0. The number of fused-ring (bicyclic) bond motifs is 1. The van der Waals surface area contributed by atoms with Crippen molar-refractivity contribution < 1.29 is 9.47 Å². The first-order chi connectivity index (χ1) is 9.35. The maximum Gasteiger partial charge on any atom is 0.218 e. The first-order valence-corrected chi connectivity index (χ1v) is 6.64. The highest BCUT2D eigenvalue weighted by Gasteiger charge is 2.06. The van der Waals surface area contributed by atoms with Crippen LogP contribution in [0.5, 0.6) is 5.88 Å². The van der Waals surface area contributed by atoms with Crippen LogP contribution in [0.1, 0.15) is 18.9 Å². The number of benzene rings is 1. The van der Waals surface area contributed by atoms with Gasteiger partial charge in [-0.25, -0.2) is 4.98 Å². The van der Waals surface area contributed by atoms with Gasteiger partial charge in [0.25, 0.3) is 0 Å². The summed E-state index contributed by atoms with van der Waals surface area (Å²) in [4.78, 5) is 4.51. The van der Waals surface area contributed by atoms with Gasteiger partial charge in [-0.05, 0) is 18.6 Å². The molecule has 1 aromatic carbocycles. The lowest BCUT2D eigenvalue weighted by atomic mass is 10.1. The molecular weight excluding hydrogens is 240 g/mol. The highest BCUT2D eigenvalue weighted by molar-refractivity contribution is 5.79. The van der Waals surface area contributed by atoms with Crippen LogP contribution in [0.2, 0.25) is 0 Å². The summed E-state index contributed by atoms with van der Waals surface area (Å²) >= 11 is 0. The van der Waals surface area contributed by atoms with Crippen molar-refractivity contribution >= 4 is 10.9 Å². The molecule has 2 rings (SSSR count). The Bertz CT molecular complexity index is 529. The average Bonchev–Trinajstić information content (AvgIpc) is 2.46. The molecule has 1 heterocycles. The predicted molar refractivity (Wildman–Crippen MR) is 76.2 cm³/mol. The molecule has 4 heteroatoms. The van der Waals surface area contributed by atoms with Crippen molar-refractivity contribution in [1.29, 1.82) is 0 Å². The molecule has 0 saturated heterocycles. The highest BCUT2D eigenvalue weighted by atomic mass is 16.5. The molecule has 1 aromatic heterocycles. The van der Waals surface area contributed by atoms with Gasteiger partial charge in [-0.3, -0.25) is 0 Å². The van der Waals surface area contributed by atoms with E-state index in [9.17, 15) is 0 Å². The summed E-state index contributed by atoms with van der Waals surface area (Å²) in [5.74, 6) is 0.612. The van der Waals surface area contributed by atoms with Crippen LogP contribution in [0.4, 0.5) is 0 Å². The third kappa shape index (κ3) is 3.66. The lowest BCUT2D eigenvalue weighted by Crippen LogP contribution is -2.10. The summed E-state index contributed by atoms with van der Waals surface area (Å²) in [6.45, 7) is 4.34. The Balaban J connectivity index is 2.08. The minimum absolute atomic E-state index is 0.420. The fourth-order valence-electron chi connectivity index (χ4n) is 1.86. The summed E-state index contributed by atoms with van der Waals surface area (Å²) in [6.07, 6.45) is 1.02. The third-order valence-electron chi connectivity index (χ3n) is 2.80. The molecule has 0 aliphatic rings. The van der Waals surface area contributed by atoms with Gasteiger partial charge in [-0.1, -0.05) is 25.1 Å². The highest BCUT2D eigenvalue weighted by Crippen LogP contribution is 2.21. The Morgan fingerprint density at radius 2 is 2.00 bits per heavy atom. The zero-order valence-electron chi connectivity index (χ0n) is 11.3. The first kappa shape index (κ1) is 13.8. The Hall–Kier alpha value is -1.65. The van der Waals surface area contributed by atoms with E-state index in [4.69, 9.17) is 15.2 Å². The molecule has 0 unspecified atom stereocenters. The van der Waals surface area contributed by atoms with Crippen molar-refractivity contribution in [3.8, 4) is 5.88 Å². The maximum absolute atomic E-state index is 5.74. The van der Waals surface area contributed by atoms with Gasteiger partial charge in [-0.15, -0.1) is 0 Å². The van der Waals surface area contributed by atoms with E-state index < -0.39 is 0 Å². The number of pyridine rings is 1. The molecule has 0 fully saturated rings. The number of nitrogens with two attached hydrogens (primary N) is 1. The van der Waals surface area contributed by atoms with E-state index in [0.29, 0.717) is 25.6 Å². The van der Waals surface area contributed by atoms with Gasteiger partial charge in [-0.2, -0.15) is 0 Å². The third-order valence-corrected chi connectivity index (χ3v) is 2.80. The maximum atomic E-state index is 5.74. The molecule has 102 valence electrons. The second kappa shape index (κ2) is 7.07. The second-order valence-electron chi connectivity index (χ2n) is 4.31. The molecule has 19 heavy (non-hydrogen) atoms. The van der Waals surface area contributed by atoms with E-state index in [2.05, 4.69) is 11.9 Å². The van der Waals surface area contributed by atoms with Gasteiger partial charge in [0.05, 0.1) is 12.1 Å². The lowest BCUT2D eigenvalue weighted by Gasteiger charge is -2.11. The second-order valence-corrected chi connectivity index (χ2v) is 4.31. The van der Waals surface area contributed by atoms with Crippen LogP contribution in [0.25, 0.3) is 10.9 Å². The Morgan fingerprint density at radius 1 is 1.16 bits per heavy atom. The van der Waals surface area contributed by atoms with Gasteiger partial charge in [0.1, 0.15) is 6.61 Å². The number of ether oxygens (including phenoxy) is 2. The smallest absolute Gasteiger partial charge is 0.218 e. The van der Waals surface area contributed by atoms with Crippen LogP contribution < -0.4 is 10.5 Å². The number of nitrogens with zero attached hydrogens (tertiary/aromatic N) is 1. The fourth-order valence-corrected chi connectivity index (χ4v) is 1.86. The van der Waals surface area contributed by atoms with Gasteiger partial charge in [0, 0.05) is 24.1 Å². The Labute approximate surface area is 113 Å².